The number of hydrogen-bond acceptors (Lipinski definition) is 0. The lowest BCUT2D eigenvalue weighted by atomic mass is 9.98. The monoisotopic (exact) mass is 280 g/mol. The molecule has 1 rings (SSSR count). The van der Waals surface area contributed by atoms with Gasteiger partial charge < -0.3 is 0 Å². The van der Waals surface area contributed by atoms with Crippen LogP contribution in [-0.4, -0.2) is 0 Å². The fraction of sp³-hybridized carbons (Fsp3) is 0.467. The summed E-state index contributed by atoms with van der Waals surface area (Å²) in [6.07, 6.45) is 9.80. The number of rotatable bonds is 6. The maximum atomic E-state index is 3.45. The molecule has 0 N–H and O–H groups in total. The van der Waals surface area contributed by atoms with Crippen LogP contribution in [0.25, 0.3) is 6.08 Å². The normalized spacial score (nSPS) is 13.2. The SMILES string of the molecule is CCCCC(/C=C/c1ccc(Br)cc1)CC. The Balaban J connectivity index is 2.53. The highest BCUT2D eigenvalue weighted by atomic mass is 79.9. The quantitative estimate of drug-likeness (QED) is 0.629. The molecule has 1 heteroatoms. The minimum atomic E-state index is 0.739. The van der Waals surface area contributed by atoms with Gasteiger partial charge in [0.15, 0.2) is 0 Å². The van der Waals surface area contributed by atoms with E-state index in [2.05, 4.69) is 66.2 Å². The van der Waals surface area contributed by atoms with Crippen molar-refractivity contribution < 1.29 is 0 Å². The number of allylic oxidation sites excluding steroid dienone is 1. The van der Waals surface area contributed by atoms with Crippen LogP contribution < -0.4 is 0 Å². The number of hydrogen-bond donors (Lipinski definition) is 0. The first-order valence-electron chi connectivity index (χ1n) is 6.20. The van der Waals surface area contributed by atoms with Crippen molar-refractivity contribution >= 4 is 22.0 Å². The molecule has 0 aliphatic rings. The van der Waals surface area contributed by atoms with Crippen molar-refractivity contribution in [2.75, 3.05) is 0 Å². The summed E-state index contributed by atoms with van der Waals surface area (Å²) >= 11 is 3.45. The predicted molar refractivity (Wildman–Crippen MR) is 76.5 cm³/mol. The number of halogens is 1. The average Bonchev–Trinajstić information content (AvgIpc) is 2.32. The molecule has 0 fully saturated rings. The van der Waals surface area contributed by atoms with Gasteiger partial charge in [0.05, 0.1) is 0 Å². The largest absolute Gasteiger partial charge is 0.0808 e. The van der Waals surface area contributed by atoms with E-state index in [1.807, 2.05) is 0 Å². The molecule has 1 atom stereocenters. The second-order valence-corrected chi connectivity index (χ2v) is 5.14. The molecule has 0 saturated heterocycles. The fourth-order valence-electron chi connectivity index (χ4n) is 1.72. The van der Waals surface area contributed by atoms with Crippen molar-refractivity contribution in [1.29, 1.82) is 0 Å². The molecule has 0 nitrogen and oxygen atoms in total. The van der Waals surface area contributed by atoms with E-state index >= 15 is 0 Å². The van der Waals surface area contributed by atoms with Gasteiger partial charge in [0, 0.05) is 4.47 Å². The molecule has 0 amide bonds. The van der Waals surface area contributed by atoms with E-state index in [9.17, 15) is 0 Å². The first kappa shape index (κ1) is 13.5. The molecular weight excluding hydrogens is 260 g/mol. The van der Waals surface area contributed by atoms with Gasteiger partial charge in [-0.25, -0.2) is 0 Å². The molecule has 0 saturated carbocycles. The van der Waals surface area contributed by atoms with Gasteiger partial charge in [-0.05, 0) is 36.5 Å². The third-order valence-corrected chi connectivity index (χ3v) is 3.41. The Morgan fingerprint density at radius 2 is 1.88 bits per heavy atom. The first-order chi connectivity index (χ1) is 7.76. The maximum Gasteiger partial charge on any atom is 0.0175 e. The van der Waals surface area contributed by atoms with Crippen LogP contribution in [0, 0.1) is 5.92 Å². The predicted octanol–water partition coefficient (Wildman–Crippen LogP) is 5.68. The van der Waals surface area contributed by atoms with E-state index in [0.717, 1.165) is 10.4 Å². The summed E-state index contributed by atoms with van der Waals surface area (Å²) in [5, 5.41) is 0. The number of benzene rings is 1. The minimum Gasteiger partial charge on any atom is -0.0808 e. The topological polar surface area (TPSA) is 0 Å². The highest BCUT2D eigenvalue weighted by molar-refractivity contribution is 9.10. The third kappa shape index (κ3) is 4.98. The first-order valence-corrected chi connectivity index (χ1v) is 6.99. The average molecular weight is 281 g/mol. The van der Waals surface area contributed by atoms with Gasteiger partial charge in [-0.2, -0.15) is 0 Å². The number of unbranched alkanes of at least 4 members (excludes halogenated alkanes) is 1. The van der Waals surface area contributed by atoms with Crippen LogP contribution >= 0.6 is 15.9 Å². The zero-order valence-electron chi connectivity index (χ0n) is 10.2. The molecule has 1 unspecified atom stereocenters. The fourth-order valence-corrected chi connectivity index (χ4v) is 1.99. The van der Waals surface area contributed by atoms with Crippen LogP contribution in [0.3, 0.4) is 0 Å². The second-order valence-electron chi connectivity index (χ2n) is 4.22. The molecule has 0 aliphatic heterocycles. The van der Waals surface area contributed by atoms with Crippen molar-refractivity contribution in [2.24, 2.45) is 5.92 Å². The molecule has 0 aromatic heterocycles. The highest BCUT2D eigenvalue weighted by Gasteiger charge is 2.00. The standard InChI is InChI=1S/C15H21Br/c1-3-5-6-13(4-2)7-8-14-9-11-15(16)12-10-14/h7-13H,3-6H2,1-2H3/b8-7+. The molecule has 0 bridgehead atoms. The Hall–Kier alpha value is -0.560. The molecule has 0 heterocycles. The van der Waals surface area contributed by atoms with Crippen LogP contribution in [0.4, 0.5) is 0 Å². The van der Waals surface area contributed by atoms with Crippen LogP contribution in [-0.2, 0) is 0 Å². The smallest absolute Gasteiger partial charge is 0.0175 e. The summed E-state index contributed by atoms with van der Waals surface area (Å²) in [6, 6.07) is 8.47. The van der Waals surface area contributed by atoms with E-state index < -0.39 is 0 Å². The molecule has 0 radical (unpaired) electrons. The lowest BCUT2D eigenvalue weighted by Gasteiger charge is -2.08. The summed E-state index contributed by atoms with van der Waals surface area (Å²) in [4.78, 5) is 0. The van der Waals surface area contributed by atoms with E-state index in [-0.39, 0.29) is 0 Å². The summed E-state index contributed by atoms with van der Waals surface area (Å²) in [5.41, 5.74) is 1.29. The molecule has 1 aromatic carbocycles. The van der Waals surface area contributed by atoms with Gasteiger partial charge in [-0.1, -0.05) is 66.9 Å². The van der Waals surface area contributed by atoms with Crippen LogP contribution in [0.5, 0.6) is 0 Å². The van der Waals surface area contributed by atoms with E-state index in [0.29, 0.717) is 0 Å². The van der Waals surface area contributed by atoms with E-state index in [4.69, 9.17) is 0 Å². The molecule has 0 aliphatic carbocycles. The Kier molecular flexibility index (Phi) is 6.47. The summed E-state index contributed by atoms with van der Waals surface area (Å²) < 4.78 is 1.14. The zero-order valence-corrected chi connectivity index (χ0v) is 11.8. The molecule has 0 spiro atoms. The van der Waals surface area contributed by atoms with Gasteiger partial charge in [-0.3, -0.25) is 0 Å². The zero-order chi connectivity index (χ0) is 11.8. The minimum absolute atomic E-state index is 0.739. The van der Waals surface area contributed by atoms with E-state index in [1.165, 1.54) is 31.2 Å². The Labute approximate surface area is 108 Å². The van der Waals surface area contributed by atoms with Crippen molar-refractivity contribution in [3.05, 3.63) is 40.4 Å². The Morgan fingerprint density at radius 3 is 2.44 bits per heavy atom. The van der Waals surface area contributed by atoms with Gasteiger partial charge in [-0.15, -0.1) is 0 Å². The second kappa shape index (κ2) is 7.67. The summed E-state index contributed by atoms with van der Waals surface area (Å²) in [6.45, 7) is 4.53. The molecule has 16 heavy (non-hydrogen) atoms. The lowest BCUT2D eigenvalue weighted by Crippen LogP contribution is -1.93. The van der Waals surface area contributed by atoms with Crippen molar-refractivity contribution in [2.45, 2.75) is 39.5 Å². The Morgan fingerprint density at radius 1 is 1.19 bits per heavy atom. The van der Waals surface area contributed by atoms with Gasteiger partial charge >= 0.3 is 0 Å². The molecule has 88 valence electrons. The Bertz CT molecular complexity index is 311. The third-order valence-electron chi connectivity index (χ3n) is 2.88. The van der Waals surface area contributed by atoms with Crippen LogP contribution in [0.1, 0.15) is 45.1 Å². The van der Waals surface area contributed by atoms with Crippen molar-refractivity contribution in [3.63, 3.8) is 0 Å². The van der Waals surface area contributed by atoms with Crippen molar-refractivity contribution in [1.82, 2.24) is 0 Å². The lowest BCUT2D eigenvalue weighted by molar-refractivity contribution is 0.542. The summed E-state index contributed by atoms with van der Waals surface area (Å²) in [5.74, 6) is 0.739. The van der Waals surface area contributed by atoms with Crippen molar-refractivity contribution in [3.8, 4) is 0 Å². The molecular formula is C15H21Br. The van der Waals surface area contributed by atoms with Crippen LogP contribution in [0.2, 0.25) is 0 Å². The van der Waals surface area contributed by atoms with Gasteiger partial charge in [0.2, 0.25) is 0 Å². The van der Waals surface area contributed by atoms with Crippen LogP contribution in [0.15, 0.2) is 34.8 Å². The molecule has 1 aromatic rings. The summed E-state index contributed by atoms with van der Waals surface area (Å²) in [7, 11) is 0. The van der Waals surface area contributed by atoms with Gasteiger partial charge in [0.25, 0.3) is 0 Å². The van der Waals surface area contributed by atoms with Gasteiger partial charge in [0.1, 0.15) is 0 Å². The maximum absolute atomic E-state index is 3.45. The van der Waals surface area contributed by atoms with E-state index in [1.54, 1.807) is 0 Å². The highest BCUT2D eigenvalue weighted by Crippen LogP contribution is 2.17.